The van der Waals surface area contributed by atoms with Crippen LogP contribution in [0.3, 0.4) is 0 Å². The number of aromatic nitrogens is 1. The highest BCUT2D eigenvalue weighted by Crippen LogP contribution is 2.19. The number of pyridine rings is 1. The average Bonchev–Trinajstić information content (AvgIpc) is 3.16. The molecule has 6 heteroatoms. The zero-order valence-electron chi connectivity index (χ0n) is 15.4. The Balaban J connectivity index is 1.33. The lowest BCUT2D eigenvalue weighted by Gasteiger charge is -2.31. The molecule has 3 heterocycles. The lowest BCUT2D eigenvalue weighted by atomic mass is 9.97. The van der Waals surface area contributed by atoms with E-state index in [1.807, 2.05) is 37.4 Å². The Bertz CT molecular complexity index is 670. The van der Waals surface area contributed by atoms with E-state index in [0.29, 0.717) is 6.54 Å². The first-order valence-electron chi connectivity index (χ1n) is 9.39. The number of nitrogens with zero attached hydrogens (tertiary/aromatic N) is 2. The van der Waals surface area contributed by atoms with Crippen molar-refractivity contribution in [2.75, 3.05) is 31.5 Å². The maximum atomic E-state index is 12.4. The van der Waals surface area contributed by atoms with Crippen molar-refractivity contribution in [3.63, 3.8) is 0 Å². The van der Waals surface area contributed by atoms with E-state index < -0.39 is 0 Å². The average molecular weight is 356 g/mol. The topological polar surface area (TPSA) is 70.4 Å². The lowest BCUT2D eigenvalue weighted by Crippen LogP contribution is -2.43. The summed E-state index contributed by atoms with van der Waals surface area (Å²) in [6, 6.07) is 7.90. The predicted octanol–water partition coefficient (Wildman–Crippen LogP) is 2.81. The van der Waals surface area contributed by atoms with E-state index in [1.54, 1.807) is 6.26 Å². The van der Waals surface area contributed by atoms with Gasteiger partial charge in [0, 0.05) is 25.8 Å². The number of piperidine rings is 1. The first-order chi connectivity index (χ1) is 12.7. The normalized spacial score (nSPS) is 17.8. The molecular formula is C20H28N4O2. The van der Waals surface area contributed by atoms with Crippen molar-refractivity contribution >= 4 is 11.7 Å². The van der Waals surface area contributed by atoms with Crippen molar-refractivity contribution in [1.82, 2.24) is 15.2 Å². The Labute approximate surface area is 155 Å². The molecule has 0 spiro atoms. The number of furan rings is 1. The summed E-state index contributed by atoms with van der Waals surface area (Å²) in [5.74, 6) is 2.08. The third-order valence-electron chi connectivity index (χ3n) is 4.71. The SMILES string of the molecule is Cc1ccc(NCCCNC(=O)[C@@H]2CCCN(Cc3ccco3)C2)nc1. The summed E-state index contributed by atoms with van der Waals surface area (Å²) < 4.78 is 5.41. The summed E-state index contributed by atoms with van der Waals surface area (Å²) >= 11 is 0. The van der Waals surface area contributed by atoms with Crippen LogP contribution in [0.5, 0.6) is 0 Å². The van der Waals surface area contributed by atoms with Gasteiger partial charge in [-0.05, 0) is 56.5 Å². The first kappa shape index (κ1) is 18.5. The van der Waals surface area contributed by atoms with Gasteiger partial charge in [0.2, 0.25) is 5.91 Å². The standard InChI is InChI=1S/C20H28N4O2/c1-16-7-8-19(23-13-16)21-9-4-10-22-20(25)17-5-2-11-24(14-17)15-18-6-3-12-26-18/h3,6-8,12-13,17H,2,4-5,9-11,14-15H2,1H3,(H,21,23)(H,22,25)/t17-/m1/s1. The fourth-order valence-corrected chi connectivity index (χ4v) is 3.27. The molecule has 0 bridgehead atoms. The highest BCUT2D eigenvalue weighted by atomic mass is 16.3. The number of hydrogen-bond acceptors (Lipinski definition) is 5. The second kappa shape index (κ2) is 9.38. The number of amides is 1. The van der Waals surface area contributed by atoms with Crippen LogP contribution in [0.4, 0.5) is 5.82 Å². The Kier molecular flexibility index (Phi) is 6.66. The van der Waals surface area contributed by atoms with E-state index in [0.717, 1.165) is 62.6 Å². The number of likely N-dealkylation sites (tertiary alicyclic amines) is 1. The molecule has 140 valence electrons. The summed E-state index contributed by atoms with van der Waals surface area (Å²) in [5.41, 5.74) is 1.15. The lowest BCUT2D eigenvalue weighted by molar-refractivity contribution is -0.126. The number of carbonyl (C=O) groups is 1. The van der Waals surface area contributed by atoms with E-state index in [9.17, 15) is 4.79 Å². The Morgan fingerprint density at radius 2 is 2.27 bits per heavy atom. The van der Waals surface area contributed by atoms with Crippen LogP contribution in [0.2, 0.25) is 0 Å². The second-order valence-corrected chi connectivity index (χ2v) is 6.95. The van der Waals surface area contributed by atoms with E-state index in [-0.39, 0.29) is 11.8 Å². The third kappa shape index (κ3) is 5.59. The molecule has 0 aromatic carbocycles. The van der Waals surface area contributed by atoms with Crippen LogP contribution in [0.25, 0.3) is 0 Å². The van der Waals surface area contributed by atoms with Gasteiger partial charge in [-0.3, -0.25) is 9.69 Å². The van der Waals surface area contributed by atoms with Crippen LogP contribution >= 0.6 is 0 Å². The number of rotatable bonds is 8. The fraction of sp³-hybridized carbons (Fsp3) is 0.500. The molecule has 1 amide bonds. The molecule has 0 radical (unpaired) electrons. The molecule has 1 fully saturated rings. The molecule has 0 aliphatic carbocycles. The van der Waals surface area contributed by atoms with Crippen molar-refractivity contribution in [1.29, 1.82) is 0 Å². The van der Waals surface area contributed by atoms with Gasteiger partial charge >= 0.3 is 0 Å². The summed E-state index contributed by atoms with van der Waals surface area (Å²) in [6.07, 6.45) is 6.45. The zero-order valence-corrected chi connectivity index (χ0v) is 15.4. The summed E-state index contributed by atoms with van der Waals surface area (Å²) in [7, 11) is 0. The number of nitrogens with one attached hydrogen (secondary N) is 2. The van der Waals surface area contributed by atoms with Gasteiger partial charge in [0.15, 0.2) is 0 Å². The molecule has 2 N–H and O–H groups in total. The Morgan fingerprint density at radius 3 is 3.04 bits per heavy atom. The summed E-state index contributed by atoms with van der Waals surface area (Å²) in [5, 5.41) is 6.35. The molecule has 0 unspecified atom stereocenters. The maximum Gasteiger partial charge on any atom is 0.224 e. The zero-order chi connectivity index (χ0) is 18.2. The molecule has 1 aliphatic heterocycles. The van der Waals surface area contributed by atoms with E-state index in [4.69, 9.17) is 4.42 Å². The van der Waals surface area contributed by atoms with Crippen molar-refractivity contribution in [3.8, 4) is 0 Å². The second-order valence-electron chi connectivity index (χ2n) is 6.95. The summed E-state index contributed by atoms with van der Waals surface area (Å²) in [6.45, 7) is 6.12. The van der Waals surface area contributed by atoms with Crippen LogP contribution in [0.15, 0.2) is 41.1 Å². The maximum absolute atomic E-state index is 12.4. The molecule has 3 rings (SSSR count). The minimum Gasteiger partial charge on any atom is -0.468 e. The van der Waals surface area contributed by atoms with Crippen LogP contribution in [-0.4, -0.2) is 42.0 Å². The van der Waals surface area contributed by atoms with Gasteiger partial charge in [-0.1, -0.05) is 6.07 Å². The van der Waals surface area contributed by atoms with Crippen molar-refractivity contribution in [3.05, 3.63) is 48.0 Å². The quantitative estimate of drug-likeness (QED) is 0.712. The van der Waals surface area contributed by atoms with Crippen molar-refractivity contribution < 1.29 is 9.21 Å². The molecule has 2 aromatic heterocycles. The number of anilines is 1. The highest BCUT2D eigenvalue weighted by molar-refractivity contribution is 5.78. The number of hydrogen-bond donors (Lipinski definition) is 2. The minimum absolute atomic E-state index is 0.0745. The third-order valence-corrected chi connectivity index (χ3v) is 4.71. The van der Waals surface area contributed by atoms with E-state index in [1.165, 1.54) is 0 Å². The smallest absolute Gasteiger partial charge is 0.224 e. The minimum atomic E-state index is 0.0745. The monoisotopic (exact) mass is 356 g/mol. The Morgan fingerprint density at radius 1 is 1.35 bits per heavy atom. The highest BCUT2D eigenvalue weighted by Gasteiger charge is 2.25. The number of carbonyl (C=O) groups excluding carboxylic acids is 1. The Hall–Kier alpha value is -2.34. The van der Waals surface area contributed by atoms with Crippen LogP contribution in [-0.2, 0) is 11.3 Å². The molecule has 1 atom stereocenters. The largest absolute Gasteiger partial charge is 0.468 e. The van der Waals surface area contributed by atoms with Crippen molar-refractivity contribution in [2.45, 2.75) is 32.7 Å². The van der Waals surface area contributed by atoms with Gasteiger partial charge in [-0.15, -0.1) is 0 Å². The molecule has 2 aromatic rings. The van der Waals surface area contributed by atoms with Gasteiger partial charge in [0.25, 0.3) is 0 Å². The predicted molar refractivity (Wildman–Crippen MR) is 102 cm³/mol. The summed E-state index contributed by atoms with van der Waals surface area (Å²) in [4.78, 5) is 19.0. The van der Waals surface area contributed by atoms with Gasteiger partial charge in [0.1, 0.15) is 11.6 Å². The van der Waals surface area contributed by atoms with E-state index >= 15 is 0 Å². The fourth-order valence-electron chi connectivity index (χ4n) is 3.27. The van der Waals surface area contributed by atoms with Crippen LogP contribution in [0.1, 0.15) is 30.6 Å². The molecule has 0 saturated carbocycles. The van der Waals surface area contributed by atoms with E-state index in [2.05, 4.69) is 20.5 Å². The molecule has 1 saturated heterocycles. The van der Waals surface area contributed by atoms with Crippen LogP contribution in [0, 0.1) is 12.8 Å². The molecular weight excluding hydrogens is 328 g/mol. The first-order valence-corrected chi connectivity index (χ1v) is 9.39. The van der Waals surface area contributed by atoms with Gasteiger partial charge in [-0.2, -0.15) is 0 Å². The van der Waals surface area contributed by atoms with Crippen molar-refractivity contribution in [2.24, 2.45) is 5.92 Å². The molecule has 6 nitrogen and oxygen atoms in total. The van der Waals surface area contributed by atoms with Gasteiger partial charge < -0.3 is 15.1 Å². The van der Waals surface area contributed by atoms with Gasteiger partial charge in [0.05, 0.1) is 18.7 Å². The van der Waals surface area contributed by atoms with Crippen LogP contribution < -0.4 is 10.6 Å². The number of aryl methyl sites for hydroxylation is 1. The van der Waals surface area contributed by atoms with Gasteiger partial charge in [-0.25, -0.2) is 4.98 Å². The molecule has 1 aliphatic rings. The molecule has 26 heavy (non-hydrogen) atoms.